The summed E-state index contributed by atoms with van der Waals surface area (Å²) in [6.45, 7) is 4.86. The molecular formula is C13H18FNO3. The van der Waals surface area contributed by atoms with E-state index in [1.165, 1.54) is 13.2 Å². The van der Waals surface area contributed by atoms with Crippen LogP contribution in [-0.2, 0) is 9.53 Å². The summed E-state index contributed by atoms with van der Waals surface area (Å²) in [7, 11) is 1.26. The highest BCUT2D eigenvalue weighted by molar-refractivity contribution is 5.77. The van der Waals surface area contributed by atoms with E-state index in [0.717, 1.165) is 0 Å². The second kappa shape index (κ2) is 4.94. The number of hydrogen-bond donors (Lipinski definition) is 2. The lowest BCUT2D eigenvalue weighted by Gasteiger charge is -2.29. The van der Waals surface area contributed by atoms with E-state index in [2.05, 4.69) is 4.74 Å². The third kappa shape index (κ3) is 2.46. The van der Waals surface area contributed by atoms with Crippen molar-refractivity contribution in [3.05, 3.63) is 29.1 Å². The van der Waals surface area contributed by atoms with Crippen molar-refractivity contribution in [2.75, 3.05) is 7.11 Å². The van der Waals surface area contributed by atoms with Gasteiger partial charge in [0.2, 0.25) is 0 Å². The van der Waals surface area contributed by atoms with Crippen LogP contribution in [0, 0.1) is 18.2 Å². The van der Waals surface area contributed by atoms with Gasteiger partial charge in [-0.05, 0) is 32.4 Å². The van der Waals surface area contributed by atoms with Crippen LogP contribution in [-0.4, -0.2) is 18.2 Å². The van der Waals surface area contributed by atoms with E-state index >= 15 is 0 Å². The predicted molar refractivity (Wildman–Crippen MR) is 65.5 cm³/mol. The quantitative estimate of drug-likeness (QED) is 0.811. The lowest BCUT2D eigenvalue weighted by molar-refractivity contribution is -0.152. The molecule has 0 unspecified atom stereocenters. The number of hydrogen-bond acceptors (Lipinski definition) is 4. The monoisotopic (exact) mass is 255 g/mol. The molecule has 3 N–H and O–H groups in total. The molecule has 1 rings (SSSR count). The zero-order chi connectivity index (χ0) is 14.1. The minimum atomic E-state index is -1.06. The van der Waals surface area contributed by atoms with Gasteiger partial charge in [-0.15, -0.1) is 0 Å². The zero-order valence-electron chi connectivity index (χ0n) is 11.0. The molecule has 0 aliphatic carbocycles. The van der Waals surface area contributed by atoms with Crippen LogP contribution in [0.2, 0.25) is 0 Å². The number of phenolic OH excluding ortho intramolecular Hbond substituents is 1. The average Bonchev–Trinajstić information content (AvgIpc) is 2.31. The number of ether oxygens (including phenoxy) is 1. The molecule has 0 heterocycles. The normalized spacial score (nSPS) is 13.2. The van der Waals surface area contributed by atoms with E-state index in [1.807, 2.05) is 0 Å². The molecule has 5 heteroatoms. The lowest BCUT2D eigenvalue weighted by atomic mass is 9.80. The van der Waals surface area contributed by atoms with Crippen molar-refractivity contribution in [3.63, 3.8) is 0 Å². The zero-order valence-corrected chi connectivity index (χ0v) is 11.0. The van der Waals surface area contributed by atoms with Crippen LogP contribution in [0.1, 0.15) is 31.0 Å². The first kappa shape index (κ1) is 14.4. The Morgan fingerprint density at radius 1 is 1.50 bits per heavy atom. The van der Waals surface area contributed by atoms with Crippen molar-refractivity contribution in [3.8, 4) is 5.75 Å². The van der Waals surface area contributed by atoms with Gasteiger partial charge in [-0.2, -0.15) is 0 Å². The van der Waals surface area contributed by atoms with Gasteiger partial charge < -0.3 is 15.6 Å². The summed E-state index contributed by atoms with van der Waals surface area (Å²) < 4.78 is 18.1. The predicted octanol–water partition coefficient (Wildman–Crippen LogP) is 2.04. The lowest BCUT2D eigenvalue weighted by Crippen LogP contribution is -2.37. The van der Waals surface area contributed by atoms with E-state index in [4.69, 9.17) is 5.73 Å². The summed E-state index contributed by atoms with van der Waals surface area (Å²) in [6.07, 6.45) is 0. The molecule has 0 bridgehead atoms. The Labute approximate surface area is 106 Å². The summed E-state index contributed by atoms with van der Waals surface area (Å²) in [5, 5.41) is 9.70. The van der Waals surface area contributed by atoms with Crippen LogP contribution in [0.5, 0.6) is 5.75 Å². The number of phenols is 1. The van der Waals surface area contributed by atoms with E-state index in [-0.39, 0.29) is 5.56 Å². The summed E-state index contributed by atoms with van der Waals surface area (Å²) in [6, 6.07) is 1.91. The van der Waals surface area contributed by atoms with E-state index < -0.39 is 29.0 Å². The number of esters is 1. The minimum absolute atomic E-state index is 0.197. The summed E-state index contributed by atoms with van der Waals surface area (Å²) in [5.74, 6) is -1.79. The van der Waals surface area contributed by atoms with Gasteiger partial charge in [0.05, 0.1) is 12.5 Å². The Balaban J connectivity index is 3.26. The molecule has 4 nitrogen and oxygen atoms in total. The number of benzene rings is 1. The van der Waals surface area contributed by atoms with Crippen molar-refractivity contribution < 1.29 is 19.0 Å². The topological polar surface area (TPSA) is 72.5 Å². The standard InChI is InChI=1S/C13H18FNO3/c1-7-5-8(10(16)9(14)6-7)11(15)13(2,3)12(17)18-4/h5-6,11,16H,15H2,1-4H3/t11-/m0/s1. The van der Waals surface area contributed by atoms with Gasteiger partial charge in [0.15, 0.2) is 11.6 Å². The van der Waals surface area contributed by atoms with Crippen LogP contribution in [0.25, 0.3) is 0 Å². The molecule has 18 heavy (non-hydrogen) atoms. The molecular weight excluding hydrogens is 237 g/mol. The second-order valence-corrected chi connectivity index (χ2v) is 4.88. The van der Waals surface area contributed by atoms with Crippen LogP contribution in [0.3, 0.4) is 0 Å². The van der Waals surface area contributed by atoms with Gasteiger partial charge in [-0.25, -0.2) is 4.39 Å². The van der Waals surface area contributed by atoms with Crippen LogP contribution in [0.4, 0.5) is 4.39 Å². The average molecular weight is 255 g/mol. The second-order valence-electron chi connectivity index (χ2n) is 4.88. The Morgan fingerprint density at radius 2 is 2.06 bits per heavy atom. The fraction of sp³-hybridized carbons (Fsp3) is 0.462. The third-order valence-corrected chi connectivity index (χ3v) is 3.06. The molecule has 1 atom stereocenters. The summed E-state index contributed by atoms with van der Waals surface area (Å²) >= 11 is 0. The first-order valence-electron chi connectivity index (χ1n) is 5.54. The van der Waals surface area contributed by atoms with Gasteiger partial charge in [-0.3, -0.25) is 4.79 Å². The van der Waals surface area contributed by atoms with Crippen molar-refractivity contribution in [2.24, 2.45) is 11.1 Å². The Morgan fingerprint density at radius 3 is 2.56 bits per heavy atom. The van der Waals surface area contributed by atoms with Crippen molar-refractivity contribution in [1.29, 1.82) is 0 Å². The van der Waals surface area contributed by atoms with Gasteiger partial charge in [0, 0.05) is 11.6 Å². The number of carbonyl (C=O) groups excluding carboxylic acids is 1. The number of carbonyl (C=O) groups is 1. The first-order valence-corrected chi connectivity index (χ1v) is 5.54. The smallest absolute Gasteiger partial charge is 0.313 e. The number of rotatable bonds is 3. The van der Waals surface area contributed by atoms with Crippen LogP contribution < -0.4 is 5.73 Å². The molecule has 100 valence electrons. The van der Waals surface area contributed by atoms with Crippen molar-refractivity contribution >= 4 is 5.97 Å². The van der Waals surface area contributed by atoms with Gasteiger partial charge in [-0.1, -0.05) is 6.07 Å². The molecule has 1 aromatic carbocycles. The molecule has 1 aromatic rings. The molecule has 0 radical (unpaired) electrons. The minimum Gasteiger partial charge on any atom is -0.505 e. The van der Waals surface area contributed by atoms with Crippen LogP contribution >= 0.6 is 0 Å². The SMILES string of the molecule is COC(=O)C(C)(C)[C@@H](N)c1cc(C)cc(F)c1O. The molecule has 0 aromatic heterocycles. The van der Waals surface area contributed by atoms with Gasteiger partial charge in [0.1, 0.15) is 0 Å². The molecule has 0 aliphatic rings. The maximum absolute atomic E-state index is 13.4. The maximum atomic E-state index is 13.4. The van der Waals surface area contributed by atoms with Crippen molar-refractivity contribution in [1.82, 2.24) is 0 Å². The van der Waals surface area contributed by atoms with Crippen molar-refractivity contribution in [2.45, 2.75) is 26.8 Å². The Bertz CT molecular complexity index is 472. The molecule has 0 amide bonds. The van der Waals surface area contributed by atoms with Gasteiger partial charge in [0.25, 0.3) is 0 Å². The highest BCUT2D eigenvalue weighted by Gasteiger charge is 2.38. The summed E-state index contributed by atoms with van der Waals surface area (Å²) in [4.78, 5) is 11.7. The number of methoxy groups -OCH3 is 1. The molecule has 0 spiro atoms. The highest BCUT2D eigenvalue weighted by atomic mass is 19.1. The Kier molecular flexibility index (Phi) is 3.96. The first-order chi connectivity index (χ1) is 8.21. The van der Waals surface area contributed by atoms with Crippen LogP contribution in [0.15, 0.2) is 12.1 Å². The number of aromatic hydroxyl groups is 1. The van der Waals surface area contributed by atoms with E-state index in [9.17, 15) is 14.3 Å². The fourth-order valence-electron chi connectivity index (χ4n) is 1.78. The largest absolute Gasteiger partial charge is 0.505 e. The van der Waals surface area contributed by atoms with Gasteiger partial charge >= 0.3 is 5.97 Å². The van der Waals surface area contributed by atoms with E-state index in [0.29, 0.717) is 5.56 Å². The summed E-state index contributed by atoms with van der Waals surface area (Å²) in [5.41, 5.74) is 5.72. The molecule has 0 saturated carbocycles. The maximum Gasteiger partial charge on any atom is 0.313 e. The molecule has 0 fully saturated rings. The number of aryl methyl sites for hydroxylation is 1. The fourth-order valence-corrected chi connectivity index (χ4v) is 1.78. The highest BCUT2D eigenvalue weighted by Crippen LogP contribution is 2.38. The molecule has 0 aliphatic heterocycles. The Hall–Kier alpha value is -1.62. The molecule has 0 saturated heterocycles. The third-order valence-electron chi connectivity index (χ3n) is 3.06. The number of nitrogens with two attached hydrogens (primary N) is 1. The number of halogens is 1. The van der Waals surface area contributed by atoms with E-state index in [1.54, 1.807) is 26.8 Å².